The molecular formula is C31H34N4O2. The Kier molecular flexibility index (Phi) is 6.87. The maximum Gasteiger partial charge on any atom is 0.0972 e. The molecule has 3 aromatic carbocycles. The van der Waals surface area contributed by atoms with Crippen molar-refractivity contribution < 1.29 is 9.47 Å². The predicted molar refractivity (Wildman–Crippen MR) is 149 cm³/mol. The van der Waals surface area contributed by atoms with Crippen molar-refractivity contribution in [2.24, 2.45) is 0 Å². The number of hydrogen-bond acceptors (Lipinski definition) is 6. The minimum atomic E-state index is 0.786. The fourth-order valence-corrected chi connectivity index (χ4v) is 5.42. The van der Waals surface area contributed by atoms with Gasteiger partial charge in [-0.15, -0.1) is 0 Å². The van der Waals surface area contributed by atoms with Gasteiger partial charge in [0.2, 0.25) is 0 Å². The smallest absolute Gasteiger partial charge is 0.0972 e. The van der Waals surface area contributed by atoms with E-state index in [2.05, 4.69) is 72.2 Å². The third kappa shape index (κ3) is 5.10. The summed E-state index contributed by atoms with van der Waals surface area (Å²) < 4.78 is 11.0. The Balaban J connectivity index is 1.31. The highest BCUT2D eigenvalue weighted by Crippen LogP contribution is 2.32. The molecule has 6 heteroatoms. The summed E-state index contributed by atoms with van der Waals surface area (Å²) in [6, 6.07) is 19.7. The maximum atomic E-state index is 5.52. The normalized spacial score (nSPS) is 16.9. The molecule has 0 spiro atoms. The first-order valence-electron chi connectivity index (χ1n) is 13.3. The van der Waals surface area contributed by atoms with Crippen molar-refractivity contribution in [1.29, 1.82) is 0 Å². The molecule has 0 atom stereocenters. The summed E-state index contributed by atoms with van der Waals surface area (Å²) >= 11 is 0. The minimum Gasteiger partial charge on any atom is -0.379 e. The van der Waals surface area contributed by atoms with Gasteiger partial charge in [0.15, 0.2) is 0 Å². The molecule has 0 aliphatic carbocycles. The zero-order valence-corrected chi connectivity index (χ0v) is 21.7. The average molecular weight is 495 g/mol. The molecule has 37 heavy (non-hydrogen) atoms. The number of hydrogen-bond donors (Lipinski definition) is 0. The lowest BCUT2D eigenvalue weighted by Crippen LogP contribution is -2.36. The van der Waals surface area contributed by atoms with Gasteiger partial charge >= 0.3 is 0 Å². The first kappa shape index (κ1) is 24.0. The summed E-state index contributed by atoms with van der Waals surface area (Å²) in [7, 11) is 0. The number of anilines is 1. The summed E-state index contributed by atoms with van der Waals surface area (Å²) in [4.78, 5) is 14.8. The standard InChI is InChI=1S/C31H34N4O2/c1-22-18-24(6-7-26(22)21-34-10-14-36-15-11-34)27-4-3-5-28-31(27)33-29(20-32-28)25-8-9-30(23(2)19-25)35-12-16-37-17-13-35/h3-9,18-20H,10-17,21H2,1-2H3. The van der Waals surface area contributed by atoms with Crippen LogP contribution in [0.5, 0.6) is 0 Å². The first-order chi connectivity index (χ1) is 18.2. The molecule has 0 saturated carbocycles. The topological polar surface area (TPSA) is 50.7 Å². The van der Waals surface area contributed by atoms with Gasteiger partial charge < -0.3 is 14.4 Å². The third-order valence-electron chi connectivity index (χ3n) is 7.57. The van der Waals surface area contributed by atoms with Crippen LogP contribution in [-0.2, 0) is 16.0 Å². The van der Waals surface area contributed by atoms with Crippen molar-refractivity contribution in [2.45, 2.75) is 20.4 Å². The van der Waals surface area contributed by atoms with Gasteiger partial charge in [0.25, 0.3) is 0 Å². The number of ether oxygens (including phenoxy) is 2. The third-order valence-corrected chi connectivity index (χ3v) is 7.57. The number of para-hydroxylation sites is 1. The van der Waals surface area contributed by atoms with Gasteiger partial charge in [-0.1, -0.05) is 36.4 Å². The zero-order chi connectivity index (χ0) is 25.2. The molecular weight excluding hydrogens is 460 g/mol. The minimum absolute atomic E-state index is 0.786. The molecule has 6 nitrogen and oxygen atoms in total. The van der Waals surface area contributed by atoms with Crippen LogP contribution in [0.1, 0.15) is 16.7 Å². The fourth-order valence-electron chi connectivity index (χ4n) is 5.42. The van der Waals surface area contributed by atoms with Gasteiger partial charge in [-0.05, 0) is 54.3 Å². The van der Waals surface area contributed by atoms with Gasteiger partial charge in [0, 0.05) is 49.5 Å². The number of nitrogens with zero attached hydrogens (tertiary/aromatic N) is 4. The highest BCUT2D eigenvalue weighted by Gasteiger charge is 2.16. The number of aryl methyl sites for hydroxylation is 2. The molecule has 0 unspecified atom stereocenters. The Labute approximate surface area is 218 Å². The molecule has 0 bridgehead atoms. The summed E-state index contributed by atoms with van der Waals surface area (Å²) in [6.07, 6.45) is 1.89. The quantitative estimate of drug-likeness (QED) is 0.378. The number of rotatable bonds is 5. The molecule has 1 aromatic heterocycles. The van der Waals surface area contributed by atoms with Crippen LogP contribution in [0.15, 0.2) is 60.8 Å². The summed E-state index contributed by atoms with van der Waals surface area (Å²) in [6.45, 7) is 12.4. The van der Waals surface area contributed by atoms with Crippen LogP contribution in [0, 0.1) is 13.8 Å². The Morgan fingerprint density at radius 3 is 2.27 bits per heavy atom. The first-order valence-corrected chi connectivity index (χ1v) is 13.3. The van der Waals surface area contributed by atoms with Gasteiger partial charge in [-0.2, -0.15) is 0 Å². The van der Waals surface area contributed by atoms with Crippen LogP contribution in [0.4, 0.5) is 5.69 Å². The summed E-state index contributed by atoms with van der Waals surface area (Å²) in [5, 5.41) is 0. The maximum absolute atomic E-state index is 5.52. The van der Waals surface area contributed by atoms with Crippen molar-refractivity contribution in [3.8, 4) is 22.4 Å². The van der Waals surface area contributed by atoms with E-state index in [-0.39, 0.29) is 0 Å². The number of morpholine rings is 2. The Morgan fingerprint density at radius 2 is 1.51 bits per heavy atom. The highest BCUT2D eigenvalue weighted by atomic mass is 16.5. The van der Waals surface area contributed by atoms with E-state index < -0.39 is 0 Å². The van der Waals surface area contributed by atoms with Crippen LogP contribution in [0.25, 0.3) is 33.4 Å². The molecule has 2 aliphatic rings. The second-order valence-electron chi connectivity index (χ2n) is 10.1. The Bertz CT molecular complexity index is 1410. The molecule has 6 rings (SSSR count). The van der Waals surface area contributed by atoms with E-state index in [1.807, 2.05) is 12.3 Å². The molecule has 0 radical (unpaired) electrons. The SMILES string of the molecule is Cc1cc(-c2cccc3ncc(-c4ccc(N5CCOCC5)c(C)c4)nc23)ccc1CN1CCOCC1. The van der Waals surface area contributed by atoms with Crippen molar-refractivity contribution in [3.05, 3.63) is 77.5 Å². The lowest BCUT2D eigenvalue weighted by molar-refractivity contribution is 0.0341. The number of benzene rings is 3. The molecule has 3 heterocycles. The van der Waals surface area contributed by atoms with Gasteiger partial charge in [-0.3, -0.25) is 9.88 Å². The van der Waals surface area contributed by atoms with E-state index in [1.165, 1.54) is 27.9 Å². The molecule has 2 saturated heterocycles. The Hall–Kier alpha value is -3.32. The summed E-state index contributed by atoms with van der Waals surface area (Å²) in [5.41, 5.74) is 11.3. The van der Waals surface area contributed by atoms with Crippen LogP contribution in [-0.4, -0.2) is 67.5 Å². The largest absolute Gasteiger partial charge is 0.379 e. The van der Waals surface area contributed by atoms with Gasteiger partial charge in [0.05, 0.1) is 49.4 Å². The Morgan fingerprint density at radius 1 is 0.784 bits per heavy atom. The van der Waals surface area contributed by atoms with Crippen molar-refractivity contribution in [2.75, 3.05) is 57.5 Å². The van der Waals surface area contributed by atoms with Crippen molar-refractivity contribution in [3.63, 3.8) is 0 Å². The molecule has 4 aromatic rings. The van der Waals surface area contributed by atoms with E-state index in [4.69, 9.17) is 19.4 Å². The zero-order valence-electron chi connectivity index (χ0n) is 21.7. The van der Waals surface area contributed by atoms with E-state index in [9.17, 15) is 0 Å². The predicted octanol–water partition coefficient (Wildman–Crippen LogP) is 5.25. The van der Waals surface area contributed by atoms with Crippen molar-refractivity contribution in [1.82, 2.24) is 14.9 Å². The van der Waals surface area contributed by atoms with Crippen LogP contribution in [0.2, 0.25) is 0 Å². The van der Waals surface area contributed by atoms with Crippen LogP contribution < -0.4 is 4.90 Å². The lowest BCUT2D eigenvalue weighted by atomic mass is 9.98. The summed E-state index contributed by atoms with van der Waals surface area (Å²) in [5.74, 6) is 0. The second kappa shape index (κ2) is 10.6. The molecule has 190 valence electrons. The second-order valence-corrected chi connectivity index (χ2v) is 10.1. The molecule has 0 N–H and O–H groups in total. The van der Waals surface area contributed by atoms with E-state index in [1.54, 1.807) is 0 Å². The monoisotopic (exact) mass is 494 g/mol. The van der Waals surface area contributed by atoms with E-state index in [0.717, 1.165) is 87.0 Å². The number of aromatic nitrogens is 2. The van der Waals surface area contributed by atoms with Crippen LogP contribution >= 0.6 is 0 Å². The van der Waals surface area contributed by atoms with E-state index in [0.29, 0.717) is 0 Å². The fraction of sp³-hybridized carbons (Fsp3) is 0.355. The lowest BCUT2D eigenvalue weighted by Gasteiger charge is -2.30. The number of fused-ring (bicyclic) bond motifs is 1. The molecule has 2 fully saturated rings. The average Bonchev–Trinajstić information content (AvgIpc) is 2.94. The highest BCUT2D eigenvalue weighted by molar-refractivity contribution is 5.92. The van der Waals surface area contributed by atoms with Gasteiger partial charge in [0.1, 0.15) is 0 Å². The van der Waals surface area contributed by atoms with Crippen LogP contribution in [0.3, 0.4) is 0 Å². The molecule has 0 amide bonds. The van der Waals surface area contributed by atoms with Gasteiger partial charge in [-0.25, -0.2) is 4.98 Å². The van der Waals surface area contributed by atoms with E-state index >= 15 is 0 Å². The van der Waals surface area contributed by atoms with Crippen molar-refractivity contribution >= 4 is 16.7 Å². The molecule has 2 aliphatic heterocycles.